The molecule has 2 amide bonds. The summed E-state index contributed by atoms with van der Waals surface area (Å²) in [6.07, 6.45) is -8.69. The maximum Gasteiger partial charge on any atom is 0.508 e. The van der Waals surface area contributed by atoms with Crippen LogP contribution in [-0.2, 0) is 25.4 Å². The molecule has 0 aliphatic heterocycles. The van der Waals surface area contributed by atoms with Crippen LogP contribution in [-0.4, -0.2) is 60.4 Å². The summed E-state index contributed by atoms with van der Waals surface area (Å²) in [5.41, 5.74) is -3.14. The van der Waals surface area contributed by atoms with Gasteiger partial charge in [0.1, 0.15) is 17.8 Å². The monoisotopic (exact) mass is 503 g/mol. The van der Waals surface area contributed by atoms with E-state index in [9.17, 15) is 27.6 Å². The molecule has 11 heteroatoms. The lowest BCUT2D eigenvalue weighted by Crippen LogP contribution is -2.52. The molecule has 1 atom stereocenters. The largest absolute Gasteiger partial charge is 0.508 e. The van der Waals surface area contributed by atoms with Gasteiger partial charge in [0.25, 0.3) is 0 Å². The van der Waals surface area contributed by atoms with E-state index < -0.39 is 60.4 Å². The third-order valence-electron chi connectivity index (χ3n) is 4.12. The topological polar surface area (TPSA) is 91.4 Å². The Morgan fingerprint density at radius 1 is 0.914 bits per heavy atom. The van der Waals surface area contributed by atoms with E-state index in [1.807, 2.05) is 0 Å². The van der Waals surface area contributed by atoms with Gasteiger partial charge in [-0.3, -0.25) is 0 Å². The molecule has 0 aromatic heterocycles. The molecule has 0 spiro atoms. The van der Waals surface area contributed by atoms with Gasteiger partial charge < -0.3 is 18.9 Å². The number of nitrogens with zero attached hydrogens (tertiary/aromatic N) is 1. The van der Waals surface area contributed by atoms with Crippen molar-refractivity contribution in [2.75, 3.05) is 13.7 Å². The average molecular weight is 504 g/mol. The summed E-state index contributed by atoms with van der Waals surface area (Å²) in [7, 11) is 1.00. The van der Waals surface area contributed by atoms with Gasteiger partial charge in [0.15, 0.2) is 0 Å². The first-order valence-corrected chi connectivity index (χ1v) is 10.7. The number of imide groups is 1. The number of hydrogen-bond acceptors (Lipinski definition) is 7. The highest BCUT2D eigenvalue weighted by Gasteiger charge is 2.46. The van der Waals surface area contributed by atoms with Gasteiger partial charge in [-0.15, -0.1) is 0 Å². The van der Waals surface area contributed by atoms with E-state index in [1.54, 1.807) is 30.3 Å². The lowest BCUT2D eigenvalue weighted by molar-refractivity contribution is -0.102. The number of amides is 2. The number of alkyl halides is 3. The zero-order chi connectivity index (χ0) is 27.0. The summed E-state index contributed by atoms with van der Waals surface area (Å²) in [6.45, 7) is 8.24. The van der Waals surface area contributed by atoms with E-state index in [0.717, 1.165) is 7.11 Å². The first-order chi connectivity index (χ1) is 15.9. The molecule has 8 nitrogen and oxygen atoms in total. The summed E-state index contributed by atoms with van der Waals surface area (Å²) < 4.78 is 62.2. The molecule has 0 bridgehead atoms. The van der Waals surface area contributed by atoms with Crippen molar-refractivity contribution in [1.82, 2.24) is 4.90 Å². The normalized spacial score (nSPS) is 13.5. The summed E-state index contributed by atoms with van der Waals surface area (Å²) in [5, 5.41) is 0. The number of carbonyl (C=O) groups excluding carboxylic acids is 3. The molecule has 0 unspecified atom stereocenters. The molecule has 0 heterocycles. The van der Waals surface area contributed by atoms with Crippen LogP contribution in [0.1, 0.15) is 47.1 Å². The summed E-state index contributed by atoms with van der Waals surface area (Å²) in [5.74, 6) is 0. The Labute approximate surface area is 203 Å². The number of rotatable bonds is 6. The number of halogens is 3. The second-order valence-electron chi connectivity index (χ2n) is 9.46. The molecule has 0 aliphatic carbocycles. The zero-order valence-electron chi connectivity index (χ0n) is 20.9. The number of methoxy groups -OCH3 is 1. The fraction of sp³-hybridized carbons (Fsp3) is 0.542. The van der Waals surface area contributed by atoms with Crippen LogP contribution in [0.3, 0.4) is 0 Å². The highest BCUT2D eigenvalue weighted by molar-refractivity contribution is 5.89. The lowest BCUT2D eigenvalue weighted by Gasteiger charge is -2.35. The van der Waals surface area contributed by atoms with Crippen LogP contribution in [0.25, 0.3) is 0 Å². The molecular formula is C24H32F3NO7. The molecule has 0 saturated heterocycles. The maximum atomic E-state index is 14.3. The van der Waals surface area contributed by atoms with Crippen LogP contribution in [0, 0.1) is 0 Å². The van der Waals surface area contributed by atoms with Crippen LogP contribution in [0.15, 0.2) is 42.0 Å². The quantitative estimate of drug-likeness (QED) is 0.265. The van der Waals surface area contributed by atoms with Crippen LogP contribution < -0.4 is 0 Å². The first-order valence-electron chi connectivity index (χ1n) is 10.7. The Hall–Kier alpha value is -3.24. The number of ether oxygens (including phenoxy) is 4. The van der Waals surface area contributed by atoms with Crippen molar-refractivity contribution in [2.24, 2.45) is 0 Å². The van der Waals surface area contributed by atoms with E-state index in [-0.39, 0.29) is 0 Å². The molecule has 1 aromatic carbocycles. The van der Waals surface area contributed by atoms with Gasteiger partial charge in [0, 0.05) is 0 Å². The molecule has 0 radical (unpaired) electrons. The predicted octanol–water partition coefficient (Wildman–Crippen LogP) is 6.04. The molecule has 1 aromatic rings. The molecule has 35 heavy (non-hydrogen) atoms. The van der Waals surface area contributed by atoms with E-state index in [0.29, 0.717) is 16.5 Å². The van der Waals surface area contributed by atoms with Gasteiger partial charge in [-0.2, -0.15) is 13.2 Å². The molecule has 0 saturated carbocycles. The smallest absolute Gasteiger partial charge is 0.443 e. The lowest BCUT2D eigenvalue weighted by atomic mass is 9.96. The van der Waals surface area contributed by atoms with E-state index in [4.69, 9.17) is 9.47 Å². The van der Waals surface area contributed by atoms with Crippen molar-refractivity contribution >= 4 is 18.3 Å². The van der Waals surface area contributed by atoms with Gasteiger partial charge in [-0.05, 0) is 59.6 Å². The highest BCUT2D eigenvalue weighted by atomic mass is 19.4. The van der Waals surface area contributed by atoms with E-state index in [2.05, 4.69) is 9.47 Å². The SMILES string of the molecule is COC(=O)OC/C=C(/[C@H](Cc1ccccc1)N(C(=O)OC(C)(C)C)C(=O)OC(C)(C)C)C(F)(F)F. The van der Waals surface area contributed by atoms with Gasteiger partial charge >= 0.3 is 24.5 Å². The Balaban J connectivity index is 3.67. The number of benzene rings is 1. The fourth-order valence-corrected chi connectivity index (χ4v) is 2.83. The molecule has 0 fully saturated rings. The molecular weight excluding hydrogens is 471 g/mol. The molecule has 1 rings (SSSR count). The summed E-state index contributed by atoms with van der Waals surface area (Å²) in [6, 6.07) is 6.08. The zero-order valence-corrected chi connectivity index (χ0v) is 20.9. The van der Waals surface area contributed by atoms with Gasteiger partial charge in [-0.25, -0.2) is 19.3 Å². The number of hydrogen-bond donors (Lipinski definition) is 0. The summed E-state index contributed by atoms with van der Waals surface area (Å²) >= 11 is 0. The van der Waals surface area contributed by atoms with Gasteiger partial charge in [0.2, 0.25) is 0 Å². The standard InChI is InChI=1S/C24H32F3NO7/c1-22(2,3)34-19(29)28(20(30)35-23(4,5)6)18(15-16-11-9-8-10-12-16)17(24(25,26)27)13-14-33-21(31)32-7/h8-13,18H,14-15H2,1-7H3/b17-13-/t18-/m0/s1. The number of carbonyl (C=O) groups is 3. The Kier molecular flexibility index (Phi) is 10.2. The molecule has 0 N–H and O–H groups in total. The molecule has 0 aliphatic rings. The maximum absolute atomic E-state index is 14.3. The second-order valence-corrected chi connectivity index (χ2v) is 9.46. The van der Waals surface area contributed by atoms with Crippen LogP contribution in [0.4, 0.5) is 27.6 Å². The predicted molar refractivity (Wildman–Crippen MR) is 121 cm³/mol. The third kappa shape index (κ3) is 10.7. The minimum Gasteiger partial charge on any atom is -0.443 e. The van der Waals surface area contributed by atoms with Gasteiger partial charge in [0.05, 0.1) is 18.7 Å². The van der Waals surface area contributed by atoms with Crippen LogP contribution in [0.2, 0.25) is 0 Å². The minimum atomic E-state index is -5.01. The van der Waals surface area contributed by atoms with E-state index in [1.165, 1.54) is 41.5 Å². The minimum absolute atomic E-state index is 0.307. The van der Waals surface area contributed by atoms with Crippen LogP contribution >= 0.6 is 0 Å². The summed E-state index contributed by atoms with van der Waals surface area (Å²) in [4.78, 5) is 37.7. The Morgan fingerprint density at radius 3 is 1.80 bits per heavy atom. The van der Waals surface area contributed by atoms with Crippen molar-refractivity contribution in [1.29, 1.82) is 0 Å². The average Bonchev–Trinajstić information content (AvgIpc) is 2.67. The first kappa shape index (κ1) is 29.8. The van der Waals surface area contributed by atoms with Gasteiger partial charge in [-0.1, -0.05) is 30.3 Å². The Bertz CT molecular complexity index is 872. The third-order valence-corrected chi connectivity index (χ3v) is 4.12. The van der Waals surface area contributed by atoms with E-state index >= 15 is 0 Å². The van der Waals surface area contributed by atoms with Crippen molar-refractivity contribution in [3.8, 4) is 0 Å². The van der Waals surface area contributed by atoms with Crippen molar-refractivity contribution in [3.63, 3.8) is 0 Å². The van der Waals surface area contributed by atoms with Crippen molar-refractivity contribution in [3.05, 3.63) is 47.5 Å². The van der Waals surface area contributed by atoms with Crippen LogP contribution in [0.5, 0.6) is 0 Å². The molecule has 196 valence electrons. The fourth-order valence-electron chi connectivity index (χ4n) is 2.83. The second kappa shape index (κ2) is 11.9. The Morgan fingerprint density at radius 2 is 1.40 bits per heavy atom. The highest BCUT2D eigenvalue weighted by Crippen LogP contribution is 2.34. The van der Waals surface area contributed by atoms with Crippen molar-refractivity contribution < 1.29 is 46.5 Å². The van der Waals surface area contributed by atoms with Crippen molar-refractivity contribution in [2.45, 2.75) is 71.4 Å².